The second kappa shape index (κ2) is 5.44. The largest absolute Gasteiger partial charge is 0.486 e. The van der Waals surface area contributed by atoms with E-state index in [2.05, 4.69) is 17.1 Å². The third kappa shape index (κ3) is 2.68. The summed E-state index contributed by atoms with van der Waals surface area (Å²) in [6.07, 6.45) is 1.81. The molecule has 0 bridgehead atoms. The van der Waals surface area contributed by atoms with Crippen LogP contribution in [0.5, 0.6) is 5.75 Å². The van der Waals surface area contributed by atoms with Gasteiger partial charge in [0.1, 0.15) is 12.4 Å². The first-order valence-corrected chi connectivity index (χ1v) is 6.97. The summed E-state index contributed by atoms with van der Waals surface area (Å²) in [6, 6.07) is 14.1. The molecule has 0 aliphatic rings. The number of aromatic nitrogens is 1. The number of nitrogen functional groups attached to an aromatic ring is 1. The van der Waals surface area contributed by atoms with Crippen molar-refractivity contribution in [3.63, 3.8) is 0 Å². The summed E-state index contributed by atoms with van der Waals surface area (Å²) in [7, 11) is 0. The summed E-state index contributed by atoms with van der Waals surface area (Å²) in [6.45, 7) is 4.53. The highest BCUT2D eigenvalue weighted by molar-refractivity contribution is 5.81. The van der Waals surface area contributed by atoms with Crippen LogP contribution in [-0.2, 0) is 6.61 Å². The molecule has 0 saturated carbocycles. The molecule has 0 fully saturated rings. The van der Waals surface area contributed by atoms with Gasteiger partial charge in [-0.1, -0.05) is 24.3 Å². The number of hydrogen-bond acceptors (Lipinski definition) is 3. The minimum atomic E-state index is 0.483. The van der Waals surface area contributed by atoms with Crippen molar-refractivity contribution >= 4 is 16.6 Å². The predicted molar refractivity (Wildman–Crippen MR) is 86.4 cm³/mol. The Morgan fingerprint density at radius 3 is 2.71 bits per heavy atom. The summed E-state index contributed by atoms with van der Waals surface area (Å²) in [5.74, 6) is 0.765. The Kier molecular flexibility index (Phi) is 3.48. The lowest BCUT2D eigenvalue weighted by molar-refractivity contribution is 0.307. The van der Waals surface area contributed by atoms with Crippen molar-refractivity contribution in [3.8, 4) is 5.75 Å². The van der Waals surface area contributed by atoms with E-state index in [0.717, 1.165) is 33.3 Å². The summed E-state index contributed by atoms with van der Waals surface area (Å²) in [5, 5.41) is 1.11. The third-order valence-electron chi connectivity index (χ3n) is 3.56. The number of benzene rings is 2. The van der Waals surface area contributed by atoms with Crippen LogP contribution in [0.3, 0.4) is 0 Å². The van der Waals surface area contributed by atoms with Crippen LogP contribution in [0.2, 0.25) is 0 Å². The van der Waals surface area contributed by atoms with Crippen LogP contribution in [0.4, 0.5) is 5.69 Å². The number of nitrogens with two attached hydrogens (primary N) is 1. The second-order valence-corrected chi connectivity index (χ2v) is 5.28. The van der Waals surface area contributed by atoms with Crippen LogP contribution in [0.1, 0.15) is 16.7 Å². The zero-order chi connectivity index (χ0) is 14.8. The van der Waals surface area contributed by atoms with Gasteiger partial charge < -0.3 is 10.5 Å². The van der Waals surface area contributed by atoms with Gasteiger partial charge in [0.15, 0.2) is 0 Å². The van der Waals surface area contributed by atoms with Gasteiger partial charge in [-0.15, -0.1) is 0 Å². The van der Waals surface area contributed by atoms with Crippen molar-refractivity contribution in [1.29, 1.82) is 0 Å². The second-order valence-electron chi connectivity index (χ2n) is 5.28. The van der Waals surface area contributed by atoms with Crippen molar-refractivity contribution < 1.29 is 4.74 Å². The standard InChI is InChI=1S/C18H18N2O/c1-12-9-13(2)18(16(19)10-12)21-11-14-7-8-20-17-6-4-3-5-15(14)17/h3-10H,11,19H2,1-2H3. The number of aryl methyl sites for hydroxylation is 2. The third-order valence-corrected chi connectivity index (χ3v) is 3.56. The molecule has 2 aromatic carbocycles. The van der Waals surface area contributed by atoms with Gasteiger partial charge in [-0.3, -0.25) is 4.98 Å². The molecule has 0 saturated heterocycles. The molecule has 106 valence electrons. The number of rotatable bonds is 3. The number of para-hydroxylation sites is 1. The zero-order valence-electron chi connectivity index (χ0n) is 12.3. The molecule has 0 unspecified atom stereocenters. The van der Waals surface area contributed by atoms with E-state index < -0.39 is 0 Å². The van der Waals surface area contributed by atoms with Gasteiger partial charge >= 0.3 is 0 Å². The van der Waals surface area contributed by atoms with Crippen LogP contribution in [0.15, 0.2) is 48.7 Å². The molecule has 21 heavy (non-hydrogen) atoms. The monoisotopic (exact) mass is 278 g/mol. The number of pyridine rings is 1. The molecular formula is C18H18N2O. The van der Waals surface area contributed by atoms with Gasteiger partial charge in [-0.05, 0) is 43.2 Å². The highest BCUT2D eigenvalue weighted by Crippen LogP contribution is 2.29. The molecule has 0 aliphatic carbocycles. The van der Waals surface area contributed by atoms with Gasteiger partial charge in [-0.2, -0.15) is 0 Å². The zero-order valence-corrected chi connectivity index (χ0v) is 12.3. The number of anilines is 1. The highest BCUT2D eigenvalue weighted by Gasteiger charge is 2.08. The molecule has 0 spiro atoms. The Morgan fingerprint density at radius 2 is 1.90 bits per heavy atom. The van der Waals surface area contributed by atoms with Gasteiger partial charge in [0.05, 0.1) is 11.2 Å². The smallest absolute Gasteiger partial charge is 0.145 e. The fourth-order valence-corrected chi connectivity index (χ4v) is 2.62. The maximum absolute atomic E-state index is 6.06. The lowest BCUT2D eigenvalue weighted by Gasteiger charge is -2.13. The van der Waals surface area contributed by atoms with Crippen molar-refractivity contribution in [2.24, 2.45) is 0 Å². The minimum Gasteiger partial charge on any atom is -0.486 e. The molecule has 1 heterocycles. The first-order valence-electron chi connectivity index (χ1n) is 6.97. The molecule has 3 rings (SSSR count). The van der Waals surface area contributed by atoms with Gasteiger partial charge in [0.25, 0.3) is 0 Å². The van der Waals surface area contributed by atoms with E-state index in [9.17, 15) is 0 Å². The van der Waals surface area contributed by atoms with Crippen molar-refractivity contribution in [2.75, 3.05) is 5.73 Å². The highest BCUT2D eigenvalue weighted by atomic mass is 16.5. The van der Waals surface area contributed by atoms with Crippen molar-refractivity contribution in [2.45, 2.75) is 20.5 Å². The Bertz CT molecular complexity index is 768. The minimum absolute atomic E-state index is 0.483. The molecule has 0 radical (unpaired) electrons. The van der Waals surface area contributed by atoms with Crippen molar-refractivity contribution in [1.82, 2.24) is 4.98 Å². The van der Waals surface area contributed by atoms with E-state index in [1.807, 2.05) is 50.4 Å². The lowest BCUT2D eigenvalue weighted by Crippen LogP contribution is -2.02. The first-order chi connectivity index (χ1) is 10.1. The average Bonchev–Trinajstić information content (AvgIpc) is 2.46. The maximum atomic E-state index is 6.06. The van der Waals surface area contributed by atoms with Crippen LogP contribution < -0.4 is 10.5 Å². The van der Waals surface area contributed by atoms with Gasteiger partial charge in [0, 0.05) is 17.1 Å². The molecule has 3 aromatic rings. The van der Waals surface area contributed by atoms with E-state index in [1.165, 1.54) is 0 Å². The Balaban J connectivity index is 1.91. The first kappa shape index (κ1) is 13.4. The molecule has 2 N–H and O–H groups in total. The quantitative estimate of drug-likeness (QED) is 0.736. The number of nitrogens with zero attached hydrogens (tertiary/aromatic N) is 1. The van der Waals surface area contributed by atoms with E-state index in [0.29, 0.717) is 12.3 Å². The molecule has 3 nitrogen and oxygen atoms in total. The van der Waals surface area contributed by atoms with Crippen molar-refractivity contribution in [3.05, 3.63) is 65.4 Å². The van der Waals surface area contributed by atoms with Gasteiger partial charge in [0.2, 0.25) is 0 Å². The topological polar surface area (TPSA) is 48.1 Å². The molecule has 0 aliphatic heterocycles. The number of fused-ring (bicyclic) bond motifs is 1. The van der Waals surface area contributed by atoms with Crippen LogP contribution in [0.25, 0.3) is 10.9 Å². The predicted octanol–water partition coefficient (Wildman–Crippen LogP) is 4.01. The fraction of sp³-hybridized carbons (Fsp3) is 0.167. The summed E-state index contributed by atoms with van der Waals surface area (Å²) < 4.78 is 5.96. The normalized spacial score (nSPS) is 10.8. The fourth-order valence-electron chi connectivity index (χ4n) is 2.62. The molecular weight excluding hydrogens is 260 g/mol. The van der Waals surface area contributed by atoms with E-state index >= 15 is 0 Å². The molecule has 3 heteroatoms. The maximum Gasteiger partial charge on any atom is 0.145 e. The van der Waals surface area contributed by atoms with E-state index in [-0.39, 0.29) is 0 Å². The van der Waals surface area contributed by atoms with Crippen LogP contribution in [0, 0.1) is 13.8 Å². The Labute approximate surface area is 124 Å². The Morgan fingerprint density at radius 1 is 1.10 bits per heavy atom. The lowest BCUT2D eigenvalue weighted by atomic mass is 10.1. The number of hydrogen-bond donors (Lipinski definition) is 1. The van der Waals surface area contributed by atoms with E-state index in [4.69, 9.17) is 10.5 Å². The van der Waals surface area contributed by atoms with Crippen LogP contribution >= 0.6 is 0 Å². The van der Waals surface area contributed by atoms with Gasteiger partial charge in [-0.25, -0.2) is 0 Å². The SMILES string of the molecule is Cc1cc(C)c(OCc2ccnc3ccccc23)c(N)c1. The average molecular weight is 278 g/mol. The van der Waals surface area contributed by atoms with E-state index in [1.54, 1.807) is 0 Å². The summed E-state index contributed by atoms with van der Waals surface area (Å²) in [4.78, 5) is 4.36. The molecule has 1 aromatic heterocycles. The summed E-state index contributed by atoms with van der Waals surface area (Å²) >= 11 is 0. The Hall–Kier alpha value is -2.55. The summed E-state index contributed by atoms with van der Waals surface area (Å²) in [5.41, 5.74) is 11.0. The molecule has 0 amide bonds. The van der Waals surface area contributed by atoms with Crippen LogP contribution in [-0.4, -0.2) is 4.98 Å². The number of ether oxygens (including phenoxy) is 1. The molecule has 0 atom stereocenters.